The quantitative estimate of drug-likeness (QED) is 0.709. The van der Waals surface area contributed by atoms with Gasteiger partial charge in [0.05, 0.1) is 13.2 Å². The van der Waals surface area contributed by atoms with E-state index in [1.54, 1.807) is 0 Å². The van der Waals surface area contributed by atoms with Gasteiger partial charge in [0.2, 0.25) is 0 Å². The molecule has 0 heterocycles. The van der Waals surface area contributed by atoms with Crippen LogP contribution in [0.4, 0.5) is 0 Å². The zero-order valence-electron chi connectivity index (χ0n) is 10.0. The van der Waals surface area contributed by atoms with Gasteiger partial charge in [0.1, 0.15) is 0 Å². The number of hydrogen-bond acceptors (Lipinski definition) is 2. The fourth-order valence-corrected chi connectivity index (χ4v) is 3.71. The van der Waals surface area contributed by atoms with Crippen LogP contribution >= 0.6 is 0 Å². The summed E-state index contributed by atoms with van der Waals surface area (Å²) in [7, 11) is 0. The van der Waals surface area contributed by atoms with Gasteiger partial charge in [-0.05, 0) is 48.9 Å². The number of hydrogen-bond donors (Lipinski definition) is 1. The van der Waals surface area contributed by atoms with E-state index in [2.05, 4.69) is 13.8 Å². The molecule has 88 valence electrons. The molecule has 0 aliphatic heterocycles. The summed E-state index contributed by atoms with van der Waals surface area (Å²) in [6, 6.07) is 0. The third kappa shape index (κ3) is 2.07. The van der Waals surface area contributed by atoms with Gasteiger partial charge in [0.15, 0.2) is 0 Å². The van der Waals surface area contributed by atoms with Crippen molar-refractivity contribution in [1.29, 1.82) is 0 Å². The molecule has 0 aromatic rings. The van der Waals surface area contributed by atoms with E-state index >= 15 is 0 Å². The number of aliphatic hydroxyl groups is 1. The fraction of sp³-hybridized carbons (Fsp3) is 1.00. The summed E-state index contributed by atoms with van der Waals surface area (Å²) < 4.78 is 5.37. The molecule has 2 bridgehead atoms. The third-order valence-electron chi connectivity index (χ3n) is 4.87. The standard InChI is InChI=1S/C13H24O2/c1-13(2)11-4-3-10(12(13)9-11)5-7-15-8-6-14/h10-12,14H,3-9H2,1-2H3/t10?,11-,12-/m0/s1. The molecule has 0 aromatic heterocycles. The molecule has 3 atom stereocenters. The first kappa shape index (κ1) is 11.4. The highest BCUT2D eigenvalue weighted by Gasteiger charge is 2.53. The molecule has 0 radical (unpaired) electrons. The highest BCUT2D eigenvalue weighted by Crippen LogP contribution is 2.61. The van der Waals surface area contributed by atoms with E-state index in [-0.39, 0.29) is 6.61 Å². The van der Waals surface area contributed by atoms with Gasteiger partial charge in [-0.25, -0.2) is 0 Å². The lowest BCUT2D eigenvalue weighted by Crippen LogP contribution is -2.52. The first-order valence-corrected chi connectivity index (χ1v) is 6.35. The third-order valence-corrected chi connectivity index (χ3v) is 4.87. The molecule has 3 rings (SSSR count). The van der Waals surface area contributed by atoms with Crippen molar-refractivity contribution in [2.24, 2.45) is 23.2 Å². The number of rotatable bonds is 5. The highest BCUT2D eigenvalue weighted by molar-refractivity contribution is 5.02. The maximum Gasteiger partial charge on any atom is 0.0697 e. The van der Waals surface area contributed by atoms with Crippen LogP contribution in [0.1, 0.15) is 39.5 Å². The molecule has 3 fully saturated rings. The molecule has 1 unspecified atom stereocenters. The van der Waals surface area contributed by atoms with Crippen molar-refractivity contribution in [3.8, 4) is 0 Å². The van der Waals surface area contributed by atoms with E-state index in [1.165, 1.54) is 25.7 Å². The molecule has 2 heteroatoms. The summed E-state index contributed by atoms with van der Waals surface area (Å²) in [4.78, 5) is 0. The van der Waals surface area contributed by atoms with Crippen molar-refractivity contribution in [1.82, 2.24) is 0 Å². The average molecular weight is 212 g/mol. The Morgan fingerprint density at radius 2 is 2.07 bits per heavy atom. The summed E-state index contributed by atoms with van der Waals surface area (Å²) in [6.45, 7) is 6.37. The first-order valence-electron chi connectivity index (χ1n) is 6.35. The molecular formula is C13H24O2. The summed E-state index contributed by atoms with van der Waals surface area (Å²) in [5, 5.41) is 8.62. The summed E-state index contributed by atoms with van der Waals surface area (Å²) in [5.74, 6) is 2.81. The highest BCUT2D eigenvalue weighted by atomic mass is 16.5. The largest absolute Gasteiger partial charge is 0.394 e. The topological polar surface area (TPSA) is 29.5 Å². The van der Waals surface area contributed by atoms with Crippen LogP contribution in [0.15, 0.2) is 0 Å². The lowest BCUT2D eigenvalue weighted by molar-refractivity contribution is -0.111. The predicted molar refractivity (Wildman–Crippen MR) is 60.6 cm³/mol. The van der Waals surface area contributed by atoms with Crippen molar-refractivity contribution in [2.75, 3.05) is 19.8 Å². The van der Waals surface area contributed by atoms with Gasteiger partial charge in [-0.1, -0.05) is 13.8 Å². The Labute approximate surface area is 93.0 Å². The molecule has 15 heavy (non-hydrogen) atoms. The van der Waals surface area contributed by atoms with Crippen molar-refractivity contribution in [3.63, 3.8) is 0 Å². The Morgan fingerprint density at radius 3 is 2.67 bits per heavy atom. The van der Waals surface area contributed by atoms with Crippen LogP contribution in [0.3, 0.4) is 0 Å². The second-order valence-electron chi connectivity index (χ2n) is 5.82. The van der Waals surface area contributed by atoms with E-state index in [0.717, 1.165) is 24.4 Å². The van der Waals surface area contributed by atoms with Crippen LogP contribution in [0, 0.1) is 23.2 Å². The van der Waals surface area contributed by atoms with Crippen LogP contribution in [0.2, 0.25) is 0 Å². The van der Waals surface area contributed by atoms with E-state index in [0.29, 0.717) is 12.0 Å². The predicted octanol–water partition coefficient (Wildman–Crippen LogP) is 2.46. The van der Waals surface area contributed by atoms with E-state index in [4.69, 9.17) is 9.84 Å². The van der Waals surface area contributed by atoms with Gasteiger partial charge in [-0.2, -0.15) is 0 Å². The van der Waals surface area contributed by atoms with Crippen LogP contribution in [0.25, 0.3) is 0 Å². The Bertz CT molecular complexity index is 211. The maximum absolute atomic E-state index is 8.62. The average Bonchev–Trinajstić information content (AvgIpc) is 2.24. The van der Waals surface area contributed by atoms with Crippen LogP contribution in [-0.2, 0) is 4.74 Å². The minimum absolute atomic E-state index is 0.154. The molecule has 3 aliphatic carbocycles. The Morgan fingerprint density at radius 1 is 1.27 bits per heavy atom. The maximum atomic E-state index is 8.62. The van der Waals surface area contributed by atoms with E-state index in [9.17, 15) is 0 Å². The van der Waals surface area contributed by atoms with Gasteiger partial charge in [0.25, 0.3) is 0 Å². The molecule has 0 amide bonds. The molecule has 3 aliphatic rings. The van der Waals surface area contributed by atoms with Crippen molar-refractivity contribution < 1.29 is 9.84 Å². The summed E-state index contributed by atoms with van der Waals surface area (Å²) in [5.41, 5.74) is 0.597. The van der Waals surface area contributed by atoms with Crippen LogP contribution < -0.4 is 0 Å². The molecule has 0 saturated heterocycles. The molecule has 1 N–H and O–H groups in total. The summed E-state index contributed by atoms with van der Waals surface area (Å²) >= 11 is 0. The zero-order valence-corrected chi connectivity index (χ0v) is 10.0. The lowest BCUT2D eigenvalue weighted by Gasteiger charge is -2.60. The fourth-order valence-electron chi connectivity index (χ4n) is 3.71. The first-order chi connectivity index (χ1) is 7.16. The minimum atomic E-state index is 0.154. The Kier molecular flexibility index (Phi) is 3.36. The molecule has 3 saturated carbocycles. The molecule has 0 spiro atoms. The normalized spacial score (nSPS) is 37.4. The van der Waals surface area contributed by atoms with E-state index in [1.807, 2.05) is 0 Å². The van der Waals surface area contributed by atoms with Gasteiger partial charge >= 0.3 is 0 Å². The lowest BCUT2D eigenvalue weighted by atomic mass is 9.45. The molecule has 0 aromatic carbocycles. The second-order valence-corrected chi connectivity index (χ2v) is 5.82. The summed E-state index contributed by atoms with van der Waals surface area (Å²) in [6.07, 6.45) is 5.48. The van der Waals surface area contributed by atoms with Crippen LogP contribution in [-0.4, -0.2) is 24.9 Å². The Balaban J connectivity index is 1.74. The number of fused-ring (bicyclic) bond motifs is 2. The van der Waals surface area contributed by atoms with Crippen molar-refractivity contribution >= 4 is 0 Å². The molecular weight excluding hydrogens is 188 g/mol. The van der Waals surface area contributed by atoms with Gasteiger partial charge in [0, 0.05) is 6.61 Å². The zero-order chi connectivity index (χ0) is 10.9. The van der Waals surface area contributed by atoms with Crippen molar-refractivity contribution in [3.05, 3.63) is 0 Å². The van der Waals surface area contributed by atoms with Crippen LogP contribution in [0.5, 0.6) is 0 Å². The number of ether oxygens (including phenoxy) is 1. The monoisotopic (exact) mass is 212 g/mol. The SMILES string of the molecule is CC1(C)[C@H]2CCC(CCOCCO)[C@@H]1C2. The second kappa shape index (κ2) is 4.42. The number of aliphatic hydroxyl groups excluding tert-OH is 1. The van der Waals surface area contributed by atoms with E-state index < -0.39 is 0 Å². The Hall–Kier alpha value is -0.0800. The smallest absolute Gasteiger partial charge is 0.0697 e. The molecule has 2 nitrogen and oxygen atoms in total. The van der Waals surface area contributed by atoms with Gasteiger partial charge in [-0.15, -0.1) is 0 Å². The van der Waals surface area contributed by atoms with Gasteiger partial charge in [-0.3, -0.25) is 0 Å². The minimum Gasteiger partial charge on any atom is -0.394 e. The van der Waals surface area contributed by atoms with Gasteiger partial charge < -0.3 is 9.84 Å². The van der Waals surface area contributed by atoms with Crippen molar-refractivity contribution in [2.45, 2.75) is 39.5 Å².